The number of carbonyl (C=O) groups excluding carboxylic acids is 1. The Hall–Kier alpha value is -3.70. The number of nitrogens with one attached hydrogen (secondary N) is 2. The van der Waals surface area contributed by atoms with Crippen LogP contribution >= 0.6 is 0 Å². The molecule has 0 unspecified atom stereocenters. The second kappa shape index (κ2) is 8.58. The quantitative estimate of drug-likeness (QED) is 0.478. The summed E-state index contributed by atoms with van der Waals surface area (Å²) in [5, 5.41) is 10.4. The van der Waals surface area contributed by atoms with Crippen molar-refractivity contribution in [3.8, 4) is 11.1 Å². The standard InChI is InChI=1S/C26H24N4O/c31-26(22-13-11-21(12-14-22)20-9-5-2-6-10-20)27-25-23-17-30(18-24(23)28-29-25)16-15-19-7-3-1-4-8-19/h1-14H,15-18H2,(H2,27,28,29,31). The lowest BCUT2D eigenvalue weighted by molar-refractivity contribution is 0.102. The highest BCUT2D eigenvalue weighted by molar-refractivity contribution is 6.04. The molecule has 1 aliphatic rings. The summed E-state index contributed by atoms with van der Waals surface area (Å²) in [6, 6.07) is 28.3. The van der Waals surface area contributed by atoms with E-state index in [-0.39, 0.29) is 5.91 Å². The molecule has 1 aromatic heterocycles. The third-order valence-corrected chi connectivity index (χ3v) is 5.76. The van der Waals surface area contributed by atoms with Gasteiger partial charge in [0.05, 0.1) is 5.69 Å². The lowest BCUT2D eigenvalue weighted by Crippen LogP contribution is -2.20. The molecule has 154 valence electrons. The van der Waals surface area contributed by atoms with Crippen LogP contribution in [-0.4, -0.2) is 27.5 Å². The molecule has 31 heavy (non-hydrogen) atoms. The SMILES string of the molecule is O=C(Nc1n[nH]c2c1CN(CCc1ccccc1)C2)c1ccc(-c2ccccc2)cc1. The van der Waals surface area contributed by atoms with Crippen molar-refractivity contribution in [3.05, 3.63) is 107 Å². The molecule has 5 rings (SSSR count). The van der Waals surface area contributed by atoms with E-state index in [1.807, 2.05) is 48.5 Å². The van der Waals surface area contributed by atoms with Gasteiger partial charge in [-0.05, 0) is 35.2 Å². The third-order valence-electron chi connectivity index (χ3n) is 5.76. The van der Waals surface area contributed by atoms with Gasteiger partial charge in [-0.1, -0.05) is 72.8 Å². The number of benzene rings is 3. The maximum Gasteiger partial charge on any atom is 0.256 e. The van der Waals surface area contributed by atoms with Gasteiger partial charge in [-0.25, -0.2) is 0 Å². The number of aromatic nitrogens is 2. The number of H-pyrrole nitrogens is 1. The fraction of sp³-hybridized carbons (Fsp3) is 0.154. The van der Waals surface area contributed by atoms with Crippen molar-refractivity contribution in [2.45, 2.75) is 19.5 Å². The summed E-state index contributed by atoms with van der Waals surface area (Å²) in [6.45, 7) is 2.60. The van der Waals surface area contributed by atoms with Crippen LogP contribution < -0.4 is 5.32 Å². The number of carbonyl (C=O) groups is 1. The Kier molecular flexibility index (Phi) is 5.33. The van der Waals surface area contributed by atoms with E-state index in [2.05, 4.69) is 56.8 Å². The number of aromatic amines is 1. The van der Waals surface area contributed by atoms with Gasteiger partial charge in [-0.15, -0.1) is 0 Å². The fourth-order valence-electron chi connectivity index (χ4n) is 4.02. The van der Waals surface area contributed by atoms with Gasteiger partial charge in [-0.3, -0.25) is 14.8 Å². The minimum Gasteiger partial charge on any atom is -0.305 e. The Bertz CT molecular complexity index is 1170. The van der Waals surface area contributed by atoms with Crippen molar-refractivity contribution in [2.24, 2.45) is 0 Å². The molecule has 0 spiro atoms. The molecule has 2 N–H and O–H groups in total. The number of amides is 1. The second-order valence-corrected chi connectivity index (χ2v) is 7.87. The summed E-state index contributed by atoms with van der Waals surface area (Å²) < 4.78 is 0. The van der Waals surface area contributed by atoms with Crippen LogP contribution in [0, 0.1) is 0 Å². The molecule has 0 aliphatic carbocycles. The van der Waals surface area contributed by atoms with E-state index in [1.54, 1.807) is 0 Å². The highest BCUT2D eigenvalue weighted by Gasteiger charge is 2.25. The number of anilines is 1. The Labute approximate surface area is 181 Å². The fourth-order valence-corrected chi connectivity index (χ4v) is 4.02. The summed E-state index contributed by atoms with van der Waals surface area (Å²) in [6.07, 6.45) is 1.01. The van der Waals surface area contributed by atoms with Crippen LogP contribution in [0.15, 0.2) is 84.9 Å². The Morgan fingerprint density at radius 1 is 0.871 bits per heavy atom. The van der Waals surface area contributed by atoms with Crippen molar-refractivity contribution in [3.63, 3.8) is 0 Å². The lowest BCUT2D eigenvalue weighted by Gasteiger charge is -2.15. The Morgan fingerprint density at radius 3 is 2.29 bits per heavy atom. The van der Waals surface area contributed by atoms with Crippen molar-refractivity contribution >= 4 is 11.7 Å². The number of hydrogen-bond donors (Lipinski definition) is 2. The minimum atomic E-state index is -0.142. The third kappa shape index (κ3) is 4.27. The maximum absolute atomic E-state index is 12.8. The van der Waals surface area contributed by atoms with Crippen LogP contribution in [0.5, 0.6) is 0 Å². The second-order valence-electron chi connectivity index (χ2n) is 7.87. The summed E-state index contributed by atoms with van der Waals surface area (Å²) in [4.78, 5) is 15.1. The minimum absolute atomic E-state index is 0.142. The van der Waals surface area contributed by atoms with Gasteiger partial charge in [0.1, 0.15) is 0 Å². The molecule has 0 saturated heterocycles. The number of fused-ring (bicyclic) bond motifs is 1. The van der Waals surface area contributed by atoms with Crippen LogP contribution in [-0.2, 0) is 19.5 Å². The molecule has 1 aliphatic heterocycles. The summed E-state index contributed by atoms with van der Waals surface area (Å²) in [7, 11) is 0. The van der Waals surface area contributed by atoms with Crippen molar-refractivity contribution in [2.75, 3.05) is 11.9 Å². The van der Waals surface area contributed by atoms with Gasteiger partial charge < -0.3 is 5.32 Å². The lowest BCUT2D eigenvalue weighted by atomic mass is 10.0. The maximum atomic E-state index is 12.8. The molecule has 3 aromatic carbocycles. The number of hydrogen-bond acceptors (Lipinski definition) is 3. The van der Waals surface area contributed by atoms with E-state index < -0.39 is 0 Å². The van der Waals surface area contributed by atoms with Gasteiger partial charge in [-0.2, -0.15) is 5.10 Å². The molecule has 4 aromatic rings. The highest BCUT2D eigenvalue weighted by Crippen LogP contribution is 2.27. The molecular weight excluding hydrogens is 384 g/mol. The summed E-state index contributed by atoms with van der Waals surface area (Å²) in [5.41, 5.74) is 6.35. The van der Waals surface area contributed by atoms with Crippen LogP contribution in [0.1, 0.15) is 27.2 Å². The zero-order valence-electron chi connectivity index (χ0n) is 17.2. The number of nitrogens with zero attached hydrogens (tertiary/aromatic N) is 2. The summed E-state index contributed by atoms with van der Waals surface area (Å²) in [5.74, 6) is 0.492. The van der Waals surface area contributed by atoms with E-state index in [0.29, 0.717) is 11.4 Å². The summed E-state index contributed by atoms with van der Waals surface area (Å²) >= 11 is 0. The van der Waals surface area contributed by atoms with Crippen molar-refractivity contribution in [1.82, 2.24) is 15.1 Å². The van der Waals surface area contributed by atoms with Gasteiger partial charge >= 0.3 is 0 Å². The van der Waals surface area contributed by atoms with E-state index >= 15 is 0 Å². The Balaban J connectivity index is 1.22. The monoisotopic (exact) mass is 408 g/mol. The Morgan fingerprint density at radius 2 is 1.55 bits per heavy atom. The van der Waals surface area contributed by atoms with Crippen LogP contribution in [0.4, 0.5) is 5.82 Å². The molecule has 0 bridgehead atoms. The van der Waals surface area contributed by atoms with Gasteiger partial charge in [0.25, 0.3) is 5.91 Å². The van der Waals surface area contributed by atoms with E-state index in [0.717, 1.165) is 48.4 Å². The zero-order chi connectivity index (χ0) is 21.0. The molecule has 0 fully saturated rings. The molecule has 0 saturated carbocycles. The van der Waals surface area contributed by atoms with E-state index in [4.69, 9.17) is 0 Å². The zero-order valence-corrected chi connectivity index (χ0v) is 17.2. The van der Waals surface area contributed by atoms with E-state index in [1.165, 1.54) is 5.56 Å². The van der Waals surface area contributed by atoms with E-state index in [9.17, 15) is 4.79 Å². The molecule has 0 radical (unpaired) electrons. The average Bonchev–Trinajstić information content (AvgIpc) is 3.40. The predicted octanol–water partition coefficient (Wildman–Crippen LogP) is 4.89. The average molecular weight is 409 g/mol. The topological polar surface area (TPSA) is 61.0 Å². The van der Waals surface area contributed by atoms with Crippen LogP contribution in [0.25, 0.3) is 11.1 Å². The molecule has 5 nitrogen and oxygen atoms in total. The molecule has 2 heterocycles. The molecule has 1 amide bonds. The number of rotatable bonds is 6. The largest absolute Gasteiger partial charge is 0.305 e. The first-order chi connectivity index (χ1) is 15.3. The van der Waals surface area contributed by atoms with Crippen LogP contribution in [0.3, 0.4) is 0 Å². The van der Waals surface area contributed by atoms with Crippen molar-refractivity contribution < 1.29 is 4.79 Å². The smallest absolute Gasteiger partial charge is 0.256 e. The van der Waals surface area contributed by atoms with Crippen molar-refractivity contribution in [1.29, 1.82) is 0 Å². The normalized spacial score (nSPS) is 13.2. The van der Waals surface area contributed by atoms with Gasteiger partial charge in [0.2, 0.25) is 0 Å². The van der Waals surface area contributed by atoms with Gasteiger partial charge in [0, 0.05) is 30.8 Å². The first-order valence-corrected chi connectivity index (χ1v) is 10.6. The first-order valence-electron chi connectivity index (χ1n) is 10.6. The molecular formula is C26H24N4O. The predicted molar refractivity (Wildman–Crippen MR) is 123 cm³/mol. The van der Waals surface area contributed by atoms with Crippen LogP contribution in [0.2, 0.25) is 0 Å². The van der Waals surface area contributed by atoms with Gasteiger partial charge in [0.15, 0.2) is 5.82 Å². The first kappa shape index (κ1) is 19.3. The molecule has 5 heteroatoms. The molecule has 0 atom stereocenters. The highest BCUT2D eigenvalue weighted by atomic mass is 16.1.